The van der Waals surface area contributed by atoms with Crippen LogP contribution in [0.4, 0.5) is 0 Å². The van der Waals surface area contributed by atoms with E-state index in [1.165, 1.54) is 11.3 Å². The van der Waals surface area contributed by atoms with Gasteiger partial charge < -0.3 is 9.80 Å². The summed E-state index contributed by atoms with van der Waals surface area (Å²) in [6.45, 7) is 1.98. The fourth-order valence-electron chi connectivity index (χ4n) is 2.06. The van der Waals surface area contributed by atoms with Crippen molar-refractivity contribution in [3.63, 3.8) is 0 Å². The van der Waals surface area contributed by atoms with Crippen LogP contribution in [0.15, 0.2) is 17.5 Å². The molecule has 1 fully saturated rings. The van der Waals surface area contributed by atoms with E-state index in [1.807, 2.05) is 17.5 Å². The van der Waals surface area contributed by atoms with Gasteiger partial charge in [-0.25, -0.2) is 0 Å². The molecule has 0 aromatic carbocycles. The van der Waals surface area contributed by atoms with Crippen molar-refractivity contribution >= 4 is 23.2 Å². The van der Waals surface area contributed by atoms with Gasteiger partial charge in [0.1, 0.15) is 0 Å². The van der Waals surface area contributed by atoms with Crippen LogP contribution in [-0.4, -0.2) is 68.4 Å². The third-order valence-electron chi connectivity index (χ3n) is 3.12. The number of tetrazole rings is 1. The Kier molecular flexibility index (Phi) is 3.42. The largest absolute Gasteiger partial charge is 0.334 e. The molecule has 3 heterocycles. The summed E-state index contributed by atoms with van der Waals surface area (Å²) in [4.78, 5) is 28.3. The van der Waals surface area contributed by atoms with Gasteiger partial charge in [-0.15, -0.1) is 21.5 Å². The summed E-state index contributed by atoms with van der Waals surface area (Å²) < 4.78 is 0. The van der Waals surface area contributed by atoms with Crippen molar-refractivity contribution in [1.29, 1.82) is 0 Å². The molecule has 20 heavy (non-hydrogen) atoms. The molecule has 0 unspecified atom stereocenters. The van der Waals surface area contributed by atoms with Gasteiger partial charge in [-0.2, -0.15) is 5.21 Å². The number of aromatic nitrogens is 4. The number of nitrogens with one attached hydrogen (secondary N) is 1. The minimum absolute atomic E-state index is 0.0201. The number of carbonyl (C=O) groups excluding carboxylic acids is 2. The van der Waals surface area contributed by atoms with Gasteiger partial charge in [-0.3, -0.25) is 9.59 Å². The van der Waals surface area contributed by atoms with Crippen LogP contribution in [0.3, 0.4) is 0 Å². The second-order valence-corrected chi connectivity index (χ2v) is 5.24. The van der Waals surface area contributed by atoms with Gasteiger partial charge in [0.05, 0.1) is 4.88 Å². The van der Waals surface area contributed by atoms with Crippen molar-refractivity contribution in [1.82, 2.24) is 30.4 Å². The lowest BCUT2D eigenvalue weighted by atomic mass is 10.3. The normalized spacial score (nSPS) is 15.4. The molecular formula is C11H12N6O2S. The Balaban J connectivity index is 1.60. The molecule has 0 saturated carbocycles. The number of rotatable bonds is 2. The molecule has 1 saturated heterocycles. The van der Waals surface area contributed by atoms with E-state index in [0.717, 1.165) is 4.88 Å². The van der Waals surface area contributed by atoms with Crippen LogP contribution in [-0.2, 0) is 0 Å². The lowest BCUT2D eigenvalue weighted by molar-refractivity contribution is 0.0531. The van der Waals surface area contributed by atoms with Gasteiger partial charge in [0, 0.05) is 26.2 Å². The van der Waals surface area contributed by atoms with Crippen molar-refractivity contribution in [2.45, 2.75) is 0 Å². The zero-order chi connectivity index (χ0) is 13.9. The van der Waals surface area contributed by atoms with Crippen LogP contribution in [0.5, 0.6) is 0 Å². The van der Waals surface area contributed by atoms with Crippen LogP contribution in [0, 0.1) is 0 Å². The smallest absolute Gasteiger partial charge is 0.295 e. The molecule has 0 spiro atoms. The quantitative estimate of drug-likeness (QED) is 0.831. The molecule has 9 heteroatoms. The number of hydrogen-bond donors (Lipinski definition) is 1. The number of thiophene rings is 1. The Morgan fingerprint density at radius 2 is 1.85 bits per heavy atom. The number of hydrogen-bond acceptors (Lipinski definition) is 6. The van der Waals surface area contributed by atoms with Crippen LogP contribution in [0.25, 0.3) is 0 Å². The highest BCUT2D eigenvalue weighted by Gasteiger charge is 2.27. The molecule has 0 aliphatic carbocycles. The topological polar surface area (TPSA) is 95.1 Å². The molecule has 104 valence electrons. The Morgan fingerprint density at radius 3 is 2.40 bits per heavy atom. The summed E-state index contributed by atoms with van der Waals surface area (Å²) >= 11 is 1.43. The predicted octanol–water partition coefficient (Wildman–Crippen LogP) is -0.141. The maximum atomic E-state index is 12.2. The van der Waals surface area contributed by atoms with Crippen molar-refractivity contribution in [3.05, 3.63) is 28.2 Å². The third kappa shape index (κ3) is 2.39. The highest BCUT2D eigenvalue weighted by molar-refractivity contribution is 7.12. The summed E-state index contributed by atoms with van der Waals surface area (Å²) in [6, 6.07) is 3.66. The highest BCUT2D eigenvalue weighted by Crippen LogP contribution is 2.14. The molecule has 2 aromatic rings. The van der Waals surface area contributed by atoms with Crippen molar-refractivity contribution < 1.29 is 9.59 Å². The fraction of sp³-hybridized carbons (Fsp3) is 0.364. The Morgan fingerprint density at radius 1 is 1.15 bits per heavy atom. The minimum atomic E-state index is -0.262. The summed E-state index contributed by atoms with van der Waals surface area (Å²) in [5.41, 5.74) is 0. The highest BCUT2D eigenvalue weighted by atomic mass is 32.1. The molecular weight excluding hydrogens is 280 g/mol. The lowest BCUT2D eigenvalue weighted by Gasteiger charge is -2.33. The molecule has 2 amide bonds. The van der Waals surface area contributed by atoms with E-state index in [-0.39, 0.29) is 17.6 Å². The van der Waals surface area contributed by atoms with Crippen molar-refractivity contribution in [2.75, 3.05) is 26.2 Å². The van der Waals surface area contributed by atoms with E-state index in [4.69, 9.17) is 0 Å². The Bertz CT molecular complexity index is 534. The maximum absolute atomic E-state index is 12.2. The van der Waals surface area contributed by atoms with E-state index in [1.54, 1.807) is 9.80 Å². The van der Waals surface area contributed by atoms with Gasteiger partial charge >= 0.3 is 0 Å². The van der Waals surface area contributed by atoms with Gasteiger partial charge in [-0.05, 0) is 16.7 Å². The number of H-pyrrole nitrogens is 1. The lowest BCUT2D eigenvalue weighted by Crippen LogP contribution is -2.50. The summed E-state index contributed by atoms with van der Waals surface area (Å²) in [7, 11) is 0. The summed E-state index contributed by atoms with van der Waals surface area (Å²) in [6.07, 6.45) is 0. The molecule has 3 rings (SSSR count). The molecule has 1 aliphatic rings. The summed E-state index contributed by atoms with van der Waals surface area (Å²) in [5, 5.41) is 14.8. The first kappa shape index (κ1) is 12.7. The predicted molar refractivity (Wildman–Crippen MR) is 70.3 cm³/mol. The molecule has 1 aliphatic heterocycles. The minimum Gasteiger partial charge on any atom is -0.334 e. The standard InChI is InChI=1S/C11H12N6O2S/c18-10(8-2-1-7-20-8)16-3-5-17(6-4-16)11(19)9-12-14-15-13-9/h1-2,7H,3-6H2,(H,12,13,14,15). The van der Waals surface area contributed by atoms with E-state index in [2.05, 4.69) is 20.6 Å². The first-order valence-corrected chi connectivity index (χ1v) is 6.99. The average Bonchev–Trinajstić information content (AvgIpc) is 3.18. The van der Waals surface area contributed by atoms with Crippen molar-refractivity contribution in [3.8, 4) is 0 Å². The van der Waals surface area contributed by atoms with E-state index >= 15 is 0 Å². The van der Waals surface area contributed by atoms with E-state index in [0.29, 0.717) is 26.2 Å². The monoisotopic (exact) mass is 292 g/mol. The van der Waals surface area contributed by atoms with Crippen molar-refractivity contribution in [2.24, 2.45) is 0 Å². The zero-order valence-electron chi connectivity index (χ0n) is 10.5. The molecule has 8 nitrogen and oxygen atoms in total. The number of amides is 2. The fourth-order valence-corrected chi connectivity index (χ4v) is 2.75. The SMILES string of the molecule is O=C(c1nn[nH]n1)N1CCN(C(=O)c2cccs2)CC1. The second-order valence-electron chi connectivity index (χ2n) is 4.30. The second kappa shape index (κ2) is 5.37. The Labute approximate surface area is 118 Å². The van der Waals surface area contributed by atoms with E-state index in [9.17, 15) is 9.59 Å². The summed E-state index contributed by atoms with van der Waals surface area (Å²) in [5.74, 6) is -0.184. The molecule has 0 bridgehead atoms. The van der Waals surface area contributed by atoms with Crippen LogP contribution < -0.4 is 0 Å². The zero-order valence-corrected chi connectivity index (χ0v) is 11.3. The van der Waals surface area contributed by atoms with Gasteiger partial charge in [-0.1, -0.05) is 6.07 Å². The molecule has 1 N–H and O–H groups in total. The van der Waals surface area contributed by atoms with Crippen LogP contribution >= 0.6 is 11.3 Å². The Hall–Kier alpha value is -2.29. The number of piperazine rings is 1. The molecule has 2 aromatic heterocycles. The van der Waals surface area contributed by atoms with Gasteiger partial charge in [0.2, 0.25) is 0 Å². The number of nitrogens with zero attached hydrogens (tertiary/aromatic N) is 5. The number of carbonyl (C=O) groups is 2. The van der Waals surface area contributed by atoms with Gasteiger partial charge in [0.15, 0.2) is 0 Å². The molecule has 0 atom stereocenters. The first-order chi connectivity index (χ1) is 9.75. The van der Waals surface area contributed by atoms with Crippen LogP contribution in [0.2, 0.25) is 0 Å². The van der Waals surface area contributed by atoms with Gasteiger partial charge in [0.25, 0.3) is 17.6 Å². The van der Waals surface area contributed by atoms with Crippen LogP contribution in [0.1, 0.15) is 20.3 Å². The molecule has 0 radical (unpaired) electrons. The average molecular weight is 292 g/mol. The number of aromatic amines is 1. The third-order valence-corrected chi connectivity index (χ3v) is 3.98. The first-order valence-electron chi connectivity index (χ1n) is 6.11. The maximum Gasteiger partial charge on any atom is 0.295 e. The van der Waals surface area contributed by atoms with E-state index < -0.39 is 0 Å².